The molecule has 0 spiro atoms. The average molecular weight is 267 g/mol. The molecule has 0 aliphatic heterocycles. The van der Waals surface area contributed by atoms with E-state index in [0.29, 0.717) is 18.4 Å². The summed E-state index contributed by atoms with van der Waals surface area (Å²) < 4.78 is 27.2. The van der Waals surface area contributed by atoms with E-state index in [0.717, 1.165) is 37.5 Å². The predicted molar refractivity (Wildman–Crippen MR) is 68.3 cm³/mol. The van der Waals surface area contributed by atoms with Crippen LogP contribution in [0, 0.1) is 28.9 Å². The molecule has 1 aromatic rings. The zero-order valence-electron chi connectivity index (χ0n) is 10.8. The van der Waals surface area contributed by atoms with Gasteiger partial charge in [0.2, 0.25) is 0 Å². The van der Waals surface area contributed by atoms with Crippen molar-refractivity contribution in [1.82, 2.24) is 0 Å². The highest BCUT2D eigenvalue weighted by Gasteiger charge is 2.54. The molecule has 2 fully saturated rings. The van der Waals surface area contributed by atoms with Crippen molar-refractivity contribution < 1.29 is 13.9 Å². The van der Waals surface area contributed by atoms with E-state index >= 15 is 0 Å². The SMILES string of the molecule is NCC1(C(O)c2cc(F)ccc2F)CC2CCC1C2. The molecular formula is C15H19F2NO. The number of hydrogen-bond donors (Lipinski definition) is 2. The van der Waals surface area contributed by atoms with Gasteiger partial charge in [-0.25, -0.2) is 8.78 Å². The van der Waals surface area contributed by atoms with E-state index in [4.69, 9.17) is 5.73 Å². The largest absolute Gasteiger partial charge is 0.388 e. The van der Waals surface area contributed by atoms with Crippen LogP contribution in [-0.4, -0.2) is 11.7 Å². The molecule has 2 saturated carbocycles. The number of benzene rings is 1. The van der Waals surface area contributed by atoms with Crippen LogP contribution in [0.5, 0.6) is 0 Å². The van der Waals surface area contributed by atoms with Gasteiger partial charge in [0.15, 0.2) is 0 Å². The molecule has 4 heteroatoms. The van der Waals surface area contributed by atoms with Crippen molar-refractivity contribution in [3.63, 3.8) is 0 Å². The van der Waals surface area contributed by atoms with E-state index in [1.165, 1.54) is 6.42 Å². The molecule has 0 aromatic heterocycles. The second kappa shape index (κ2) is 4.53. The third-order valence-electron chi connectivity index (χ3n) is 5.20. The standard InChI is InChI=1S/C15H19F2NO/c16-11-3-4-13(17)12(6-11)14(19)15(8-18)7-9-1-2-10(15)5-9/h3-4,6,9-10,14,19H,1-2,5,7-8,18H2. The molecule has 4 atom stereocenters. The summed E-state index contributed by atoms with van der Waals surface area (Å²) in [6, 6.07) is 3.25. The maximum absolute atomic E-state index is 13.9. The molecule has 2 aliphatic carbocycles. The quantitative estimate of drug-likeness (QED) is 0.884. The molecule has 3 N–H and O–H groups in total. The van der Waals surface area contributed by atoms with Crippen LogP contribution in [0.2, 0.25) is 0 Å². The van der Waals surface area contributed by atoms with Gasteiger partial charge in [0, 0.05) is 17.5 Å². The van der Waals surface area contributed by atoms with Crippen LogP contribution in [0.3, 0.4) is 0 Å². The predicted octanol–water partition coefficient (Wildman–Crippen LogP) is 2.76. The Bertz CT molecular complexity index is 493. The van der Waals surface area contributed by atoms with Crippen LogP contribution in [0.1, 0.15) is 37.4 Å². The van der Waals surface area contributed by atoms with Crippen molar-refractivity contribution in [2.75, 3.05) is 6.54 Å². The van der Waals surface area contributed by atoms with Crippen molar-refractivity contribution in [1.29, 1.82) is 0 Å². The van der Waals surface area contributed by atoms with E-state index in [9.17, 15) is 13.9 Å². The number of aliphatic hydroxyl groups is 1. The van der Waals surface area contributed by atoms with Gasteiger partial charge in [0.1, 0.15) is 11.6 Å². The van der Waals surface area contributed by atoms with Crippen LogP contribution in [0.4, 0.5) is 8.78 Å². The minimum atomic E-state index is -1.01. The lowest BCUT2D eigenvalue weighted by Gasteiger charge is -2.41. The highest BCUT2D eigenvalue weighted by molar-refractivity contribution is 5.25. The molecule has 104 valence electrons. The van der Waals surface area contributed by atoms with Gasteiger partial charge in [-0.15, -0.1) is 0 Å². The van der Waals surface area contributed by atoms with Gasteiger partial charge in [0.25, 0.3) is 0 Å². The lowest BCUT2D eigenvalue weighted by Crippen LogP contribution is -2.41. The third kappa shape index (κ3) is 1.89. The van der Waals surface area contributed by atoms with E-state index < -0.39 is 23.2 Å². The summed E-state index contributed by atoms with van der Waals surface area (Å²) in [6.07, 6.45) is 3.08. The Balaban J connectivity index is 1.98. The van der Waals surface area contributed by atoms with Gasteiger partial charge in [-0.05, 0) is 49.3 Å². The zero-order valence-corrected chi connectivity index (χ0v) is 10.8. The molecule has 19 heavy (non-hydrogen) atoms. The fourth-order valence-corrected chi connectivity index (χ4v) is 4.22. The molecule has 3 rings (SSSR count). The maximum Gasteiger partial charge on any atom is 0.129 e. The Morgan fingerprint density at radius 2 is 2.16 bits per heavy atom. The van der Waals surface area contributed by atoms with Gasteiger partial charge in [-0.2, -0.15) is 0 Å². The first kappa shape index (κ1) is 13.0. The van der Waals surface area contributed by atoms with Gasteiger partial charge in [-0.1, -0.05) is 6.42 Å². The highest BCUT2D eigenvalue weighted by Crippen LogP contribution is 2.60. The van der Waals surface area contributed by atoms with Crippen molar-refractivity contribution in [3.8, 4) is 0 Å². The van der Waals surface area contributed by atoms with Crippen LogP contribution in [-0.2, 0) is 0 Å². The number of rotatable bonds is 3. The van der Waals surface area contributed by atoms with Crippen molar-refractivity contribution in [3.05, 3.63) is 35.4 Å². The van der Waals surface area contributed by atoms with Gasteiger partial charge >= 0.3 is 0 Å². The van der Waals surface area contributed by atoms with Crippen LogP contribution < -0.4 is 5.73 Å². The third-order valence-corrected chi connectivity index (χ3v) is 5.20. The molecule has 2 nitrogen and oxygen atoms in total. The zero-order chi connectivity index (χ0) is 13.6. The summed E-state index contributed by atoms with van der Waals surface area (Å²) in [4.78, 5) is 0. The molecular weight excluding hydrogens is 248 g/mol. The van der Waals surface area contributed by atoms with E-state index in [1.807, 2.05) is 0 Å². The smallest absolute Gasteiger partial charge is 0.129 e. The van der Waals surface area contributed by atoms with E-state index in [2.05, 4.69) is 0 Å². The molecule has 0 amide bonds. The number of halogens is 2. The summed E-state index contributed by atoms with van der Waals surface area (Å²) in [5.74, 6) is -0.157. The van der Waals surface area contributed by atoms with Crippen molar-refractivity contribution in [2.24, 2.45) is 23.0 Å². The van der Waals surface area contributed by atoms with Crippen LogP contribution in [0.25, 0.3) is 0 Å². The lowest BCUT2D eigenvalue weighted by molar-refractivity contribution is -0.0153. The first-order valence-electron chi connectivity index (χ1n) is 6.90. The summed E-state index contributed by atoms with van der Waals surface area (Å²) in [6.45, 7) is 0.325. The number of fused-ring (bicyclic) bond motifs is 2. The Hall–Kier alpha value is -1.00. The number of nitrogens with two attached hydrogens (primary N) is 1. The van der Waals surface area contributed by atoms with E-state index in [-0.39, 0.29) is 5.56 Å². The second-order valence-corrected chi connectivity index (χ2v) is 6.09. The summed E-state index contributed by atoms with van der Waals surface area (Å²) in [5.41, 5.74) is 5.48. The molecule has 2 aliphatic rings. The Morgan fingerprint density at radius 3 is 2.74 bits per heavy atom. The fraction of sp³-hybridized carbons (Fsp3) is 0.600. The molecule has 1 aromatic carbocycles. The maximum atomic E-state index is 13.9. The molecule has 0 radical (unpaired) electrons. The summed E-state index contributed by atoms with van der Waals surface area (Å²) >= 11 is 0. The number of hydrogen-bond acceptors (Lipinski definition) is 2. The average Bonchev–Trinajstić information content (AvgIpc) is 3.01. The lowest BCUT2D eigenvalue weighted by atomic mass is 9.67. The molecule has 4 unspecified atom stereocenters. The first-order valence-corrected chi connectivity index (χ1v) is 6.90. The highest BCUT2D eigenvalue weighted by atomic mass is 19.1. The monoisotopic (exact) mass is 267 g/mol. The molecule has 0 saturated heterocycles. The van der Waals surface area contributed by atoms with Crippen LogP contribution >= 0.6 is 0 Å². The minimum absolute atomic E-state index is 0.0537. The Morgan fingerprint density at radius 1 is 1.37 bits per heavy atom. The van der Waals surface area contributed by atoms with Crippen molar-refractivity contribution >= 4 is 0 Å². The topological polar surface area (TPSA) is 46.2 Å². The van der Waals surface area contributed by atoms with E-state index in [1.54, 1.807) is 0 Å². The summed E-state index contributed by atoms with van der Waals surface area (Å²) in [5, 5.41) is 10.6. The first-order chi connectivity index (χ1) is 9.06. The second-order valence-electron chi connectivity index (χ2n) is 6.09. The summed E-state index contributed by atoms with van der Waals surface area (Å²) in [7, 11) is 0. The molecule has 2 bridgehead atoms. The van der Waals surface area contributed by atoms with Gasteiger partial charge in [0.05, 0.1) is 6.10 Å². The Labute approximate surface area is 111 Å². The van der Waals surface area contributed by atoms with Gasteiger partial charge < -0.3 is 10.8 Å². The van der Waals surface area contributed by atoms with Crippen LogP contribution in [0.15, 0.2) is 18.2 Å². The van der Waals surface area contributed by atoms with Gasteiger partial charge in [-0.3, -0.25) is 0 Å². The number of aliphatic hydroxyl groups excluding tert-OH is 1. The Kier molecular flexibility index (Phi) is 3.10. The van der Waals surface area contributed by atoms with Crippen molar-refractivity contribution in [2.45, 2.75) is 31.8 Å². The normalized spacial score (nSPS) is 34.7. The fourth-order valence-electron chi connectivity index (χ4n) is 4.22. The minimum Gasteiger partial charge on any atom is -0.388 e. The molecule has 0 heterocycles.